The number of benzene rings is 4. The molecule has 60 heavy (non-hydrogen) atoms. The molecule has 0 saturated heterocycles. The van der Waals surface area contributed by atoms with Crippen molar-refractivity contribution in [3.8, 4) is 34.5 Å². The van der Waals surface area contributed by atoms with Crippen molar-refractivity contribution in [3.63, 3.8) is 0 Å². The fraction of sp³-hybridized carbons (Fsp3) is 0.413. The molecule has 4 rings (SSSR count). The number of hydrogen-bond acceptors (Lipinski definition) is 12. The monoisotopic (exact) mass is 868 g/mol. The standard InChI is InChI=1S/C18H20O4.C16H26O4Si.C12H19O4P/c1-20-15-8-6-13(7-9-15)4-5-14-10-17(21-2)16(12-19)18(11-14)22-3;1-16(2,3)21(6,7)20-11-13-14(18-4)8-12(10-17)9-15(13)19-5;1-4-15-17(13,16-5-2)10-11-6-8-12(14-3)9-7-11/h4-11,19H,12H2,1-3H3;8-10H,11H2,1-7H3;6-9H,4-5,10H2,1-3H3/b5-4+;;. The van der Waals surface area contributed by atoms with Crippen LogP contribution in [0.25, 0.3) is 12.2 Å². The molecule has 12 nitrogen and oxygen atoms in total. The molecule has 0 atom stereocenters. The largest absolute Gasteiger partial charge is 0.497 e. The fourth-order valence-corrected chi connectivity index (χ4v) is 7.96. The predicted octanol–water partition coefficient (Wildman–Crippen LogP) is 10.9. The topological polar surface area (TPSA) is 137 Å². The average Bonchev–Trinajstić information content (AvgIpc) is 3.24. The van der Waals surface area contributed by atoms with Crippen molar-refractivity contribution in [1.29, 1.82) is 0 Å². The molecule has 0 amide bonds. The first-order chi connectivity index (χ1) is 28.5. The third-order valence-electron chi connectivity index (χ3n) is 9.71. The van der Waals surface area contributed by atoms with Crippen LogP contribution in [0.1, 0.15) is 72.8 Å². The van der Waals surface area contributed by atoms with Crippen LogP contribution >= 0.6 is 7.60 Å². The Hall–Kier alpha value is -4.62. The SMILES string of the molecule is CCOP(=O)(Cc1ccc(OC)cc1)OCC.COc1cc(C=O)cc(OC)c1CO[Si](C)(C)C(C)(C)C.COc1ccc(/C=C/c2cc(OC)c(CO)c(OC)c2)cc1. The average molecular weight is 869 g/mol. The zero-order chi connectivity index (χ0) is 44.9. The Morgan fingerprint density at radius 3 is 1.42 bits per heavy atom. The van der Waals surface area contributed by atoms with Crippen LogP contribution in [0, 0.1) is 0 Å². The van der Waals surface area contributed by atoms with Gasteiger partial charge in [0.25, 0.3) is 0 Å². The van der Waals surface area contributed by atoms with Crippen molar-refractivity contribution in [2.75, 3.05) is 55.9 Å². The molecule has 0 aliphatic rings. The second kappa shape index (κ2) is 25.2. The minimum absolute atomic E-state index is 0.130. The van der Waals surface area contributed by atoms with Gasteiger partial charge in [-0.2, -0.15) is 0 Å². The highest BCUT2D eigenvalue weighted by atomic mass is 31.2. The van der Waals surface area contributed by atoms with E-state index in [1.165, 1.54) is 0 Å². The zero-order valence-electron chi connectivity index (χ0n) is 37.6. The summed E-state index contributed by atoms with van der Waals surface area (Å²) in [5.41, 5.74) is 4.92. The number of aldehydes is 1. The van der Waals surface area contributed by atoms with E-state index >= 15 is 0 Å². The van der Waals surface area contributed by atoms with Crippen LogP contribution < -0.4 is 28.4 Å². The van der Waals surface area contributed by atoms with Gasteiger partial charge in [-0.3, -0.25) is 9.36 Å². The lowest BCUT2D eigenvalue weighted by atomic mass is 10.1. The lowest BCUT2D eigenvalue weighted by molar-refractivity contribution is 0.112. The van der Waals surface area contributed by atoms with E-state index in [-0.39, 0.29) is 11.6 Å². The van der Waals surface area contributed by atoms with E-state index in [0.717, 1.165) is 40.0 Å². The Labute approximate surface area is 358 Å². The Morgan fingerprint density at radius 1 is 0.617 bits per heavy atom. The van der Waals surface area contributed by atoms with E-state index in [4.69, 9.17) is 41.9 Å². The van der Waals surface area contributed by atoms with Crippen molar-refractivity contribution in [1.82, 2.24) is 0 Å². The molecule has 0 radical (unpaired) electrons. The summed E-state index contributed by atoms with van der Waals surface area (Å²) in [6.07, 6.45) is 5.03. The summed E-state index contributed by atoms with van der Waals surface area (Å²) in [5.74, 6) is 4.06. The zero-order valence-corrected chi connectivity index (χ0v) is 39.5. The molecule has 4 aromatic carbocycles. The van der Waals surface area contributed by atoms with E-state index < -0.39 is 15.9 Å². The summed E-state index contributed by atoms with van der Waals surface area (Å²) >= 11 is 0. The summed E-state index contributed by atoms with van der Waals surface area (Å²) in [6, 6.07) is 22.3. The minimum atomic E-state index is -3.01. The van der Waals surface area contributed by atoms with Crippen LogP contribution in [0.15, 0.2) is 72.8 Å². The minimum Gasteiger partial charge on any atom is -0.497 e. The summed E-state index contributed by atoms with van der Waals surface area (Å²) in [5, 5.41) is 9.55. The van der Waals surface area contributed by atoms with Crippen LogP contribution in [0.5, 0.6) is 34.5 Å². The molecular weight excluding hydrogens is 804 g/mol. The van der Waals surface area contributed by atoms with Gasteiger partial charge >= 0.3 is 7.60 Å². The predicted molar refractivity (Wildman–Crippen MR) is 242 cm³/mol. The molecule has 0 aliphatic carbocycles. The second-order valence-electron chi connectivity index (χ2n) is 14.7. The second-order valence-corrected chi connectivity index (χ2v) is 21.6. The molecule has 0 unspecified atom stereocenters. The molecule has 1 N–H and O–H groups in total. The molecule has 0 bridgehead atoms. The van der Waals surface area contributed by atoms with Gasteiger partial charge in [-0.25, -0.2) is 0 Å². The van der Waals surface area contributed by atoms with Crippen LogP contribution in [-0.4, -0.2) is 75.6 Å². The van der Waals surface area contributed by atoms with Gasteiger partial charge < -0.3 is 47.0 Å². The maximum atomic E-state index is 12.3. The first kappa shape index (κ1) is 51.5. The Kier molecular flexibility index (Phi) is 21.7. The Balaban J connectivity index is 0.000000313. The number of rotatable bonds is 19. The highest BCUT2D eigenvalue weighted by Gasteiger charge is 2.37. The van der Waals surface area contributed by atoms with Gasteiger partial charge in [0, 0.05) is 5.56 Å². The lowest BCUT2D eigenvalue weighted by Gasteiger charge is -2.36. The number of aliphatic hydroxyl groups excluding tert-OH is 1. The normalized spacial score (nSPS) is 11.4. The quantitative estimate of drug-likeness (QED) is 0.0415. The number of hydrogen-bond donors (Lipinski definition) is 1. The smallest absolute Gasteiger partial charge is 0.335 e. The van der Waals surface area contributed by atoms with Crippen molar-refractivity contribution < 1.29 is 56.4 Å². The molecule has 4 aromatic rings. The molecule has 330 valence electrons. The summed E-state index contributed by atoms with van der Waals surface area (Å²) in [7, 11) is 4.70. The van der Waals surface area contributed by atoms with Crippen molar-refractivity contribution in [3.05, 3.63) is 106 Å². The van der Waals surface area contributed by atoms with Gasteiger partial charge in [-0.1, -0.05) is 57.2 Å². The highest BCUT2D eigenvalue weighted by molar-refractivity contribution is 7.53. The van der Waals surface area contributed by atoms with E-state index in [9.17, 15) is 14.5 Å². The van der Waals surface area contributed by atoms with Crippen LogP contribution in [0.4, 0.5) is 0 Å². The van der Waals surface area contributed by atoms with Crippen molar-refractivity contribution in [2.45, 2.75) is 72.1 Å². The number of methoxy groups -OCH3 is 6. The molecule has 0 fully saturated rings. The summed E-state index contributed by atoms with van der Waals surface area (Å²) < 4.78 is 60.5. The number of carbonyl (C=O) groups is 1. The first-order valence-electron chi connectivity index (χ1n) is 19.5. The third kappa shape index (κ3) is 15.8. The maximum absolute atomic E-state index is 12.3. The molecule has 0 heterocycles. The number of carbonyl (C=O) groups excluding carboxylic acids is 1. The van der Waals surface area contributed by atoms with Gasteiger partial charge in [0.05, 0.1) is 86.4 Å². The molecule has 0 aliphatic heterocycles. The Bertz CT molecular complexity index is 1910. The fourth-order valence-electron chi connectivity index (χ4n) is 5.32. The highest BCUT2D eigenvalue weighted by Crippen LogP contribution is 2.51. The van der Waals surface area contributed by atoms with E-state index in [2.05, 4.69) is 33.9 Å². The number of ether oxygens (including phenoxy) is 6. The maximum Gasteiger partial charge on any atom is 0.335 e. The van der Waals surface area contributed by atoms with E-state index in [0.29, 0.717) is 60.1 Å². The lowest BCUT2D eigenvalue weighted by Crippen LogP contribution is -2.40. The van der Waals surface area contributed by atoms with Gasteiger partial charge in [0.15, 0.2) is 8.32 Å². The van der Waals surface area contributed by atoms with Crippen LogP contribution in [0.3, 0.4) is 0 Å². The van der Waals surface area contributed by atoms with Crippen LogP contribution in [-0.2, 0) is 37.4 Å². The summed E-state index contributed by atoms with van der Waals surface area (Å²) in [6.45, 7) is 15.7. The van der Waals surface area contributed by atoms with Gasteiger partial charge in [-0.15, -0.1) is 0 Å². The van der Waals surface area contributed by atoms with Crippen molar-refractivity contribution >= 4 is 34.4 Å². The molecule has 0 spiro atoms. The third-order valence-corrected chi connectivity index (χ3v) is 16.2. The first-order valence-corrected chi connectivity index (χ1v) is 24.2. The van der Waals surface area contributed by atoms with Gasteiger partial charge in [0.1, 0.15) is 40.8 Å². The molecule has 0 saturated carbocycles. The molecular formula is C46H65O12PSi. The van der Waals surface area contributed by atoms with E-state index in [1.54, 1.807) is 68.6 Å². The summed E-state index contributed by atoms with van der Waals surface area (Å²) in [4.78, 5) is 11.0. The molecule has 0 aromatic heterocycles. The number of aliphatic hydroxyl groups is 1. The van der Waals surface area contributed by atoms with Gasteiger partial charge in [-0.05, 0) is 97.2 Å². The van der Waals surface area contributed by atoms with Crippen molar-refractivity contribution in [2.24, 2.45) is 0 Å². The van der Waals surface area contributed by atoms with Crippen LogP contribution in [0.2, 0.25) is 18.1 Å². The van der Waals surface area contributed by atoms with E-state index in [1.807, 2.05) is 72.8 Å². The van der Waals surface area contributed by atoms with Gasteiger partial charge in [0.2, 0.25) is 0 Å². The molecule has 14 heteroatoms. The Morgan fingerprint density at radius 2 is 1.03 bits per heavy atom.